The minimum absolute atomic E-state index is 0.456. The highest BCUT2D eigenvalue weighted by Crippen LogP contribution is 2.28. The number of alkyl halides is 1. The summed E-state index contributed by atoms with van der Waals surface area (Å²) < 4.78 is 6.60. The number of nitrogens with zero attached hydrogens (tertiary/aromatic N) is 1. The lowest BCUT2D eigenvalue weighted by atomic mass is 10.2. The number of ether oxygens (including phenoxy) is 1. The molecule has 2 aromatic rings. The van der Waals surface area contributed by atoms with Gasteiger partial charge in [0, 0.05) is 10.4 Å². The van der Waals surface area contributed by atoms with Crippen molar-refractivity contribution >= 4 is 27.5 Å². The van der Waals surface area contributed by atoms with E-state index in [0.29, 0.717) is 17.2 Å². The predicted octanol–water partition coefficient (Wildman–Crippen LogP) is 4.85. The summed E-state index contributed by atoms with van der Waals surface area (Å²) in [6.07, 6.45) is 0. The van der Waals surface area contributed by atoms with E-state index in [2.05, 4.69) is 22.0 Å². The van der Waals surface area contributed by atoms with Gasteiger partial charge < -0.3 is 4.74 Å². The lowest BCUT2D eigenvalue weighted by Gasteiger charge is -2.07. The van der Waals surface area contributed by atoms with E-state index in [0.717, 1.165) is 15.8 Å². The molecule has 4 heteroatoms. The molecule has 0 heterocycles. The number of nitriles is 1. The van der Waals surface area contributed by atoms with E-state index in [4.69, 9.17) is 21.6 Å². The van der Waals surface area contributed by atoms with Crippen LogP contribution >= 0.6 is 27.5 Å². The molecule has 0 N–H and O–H groups in total. The number of halogens is 2. The zero-order valence-electron chi connectivity index (χ0n) is 9.36. The van der Waals surface area contributed by atoms with Crippen molar-refractivity contribution in [2.75, 3.05) is 0 Å². The first-order valence-electron chi connectivity index (χ1n) is 5.25. The normalized spacial score (nSPS) is 9.83. The van der Waals surface area contributed by atoms with Crippen molar-refractivity contribution in [2.45, 2.75) is 5.88 Å². The Labute approximate surface area is 119 Å². The lowest BCUT2D eigenvalue weighted by Crippen LogP contribution is -1.87. The van der Waals surface area contributed by atoms with E-state index in [1.165, 1.54) is 0 Å². The summed E-state index contributed by atoms with van der Waals surface area (Å²) in [5, 5.41) is 8.70. The van der Waals surface area contributed by atoms with Crippen LogP contribution < -0.4 is 4.74 Å². The standard InChI is InChI=1S/C14H9BrClNO/c15-14-7-13(6-3-11(14)8-16)18-12-4-1-10(9-17)2-5-12/h1-7H,8H2. The second kappa shape index (κ2) is 5.90. The largest absolute Gasteiger partial charge is 0.457 e. The van der Waals surface area contributed by atoms with Gasteiger partial charge >= 0.3 is 0 Å². The smallest absolute Gasteiger partial charge is 0.128 e. The Morgan fingerprint density at radius 1 is 1.11 bits per heavy atom. The predicted molar refractivity (Wildman–Crippen MR) is 74.9 cm³/mol. The molecule has 0 bridgehead atoms. The molecular weight excluding hydrogens is 314 g/mol. The Morgan fingerprint density at radius 3 is 2.33 bits per heavy atom. The van der Waals surface area contributed by atoms with Crippen LogP contribution in [0.5, 0.6) is 11.5 Å². The fourth-order valence-electron chi connectivity index (χ4n) is 1.43. The van der Waals surface area contributed by atoms with Crippen LogP contribution in [0.2, 0.25) is 0 Å². The van der Waals surface area contributed by atoms with Crippen LogP contribution in [0.15, 0.2) is 46.9 Å². The van der Waals surface area contributed by atoms with Gasteiger partial charge in [-0.15, -0.1) is 11.6 Å². The molecule has 0 aliphatic rings. The number of hydrogen-bond donors (Lipinski definition) is 0. The number of benzene rings is 2. The first-order valence-corrected chi connectivity index (χ1v) is 6.58. The summed E-state index contributed by atoms with van der Waals surface area (Å²) in [5.41, 5.74) is 1.63. The Kier molecular flexibility index (Phi) is 4.24. The molecule has 2 nitrogen and oxygen atoms in total. The maximum atomic E-state index is 8.70. The molecule has 0 aromatic heterocycles. The van der Waals surface area contributed by atoms with Gasteiger partial charge in [0.05, 0.1) is 11.6 Å². The van der Waals surface area contributed by atoms with Crippen molar-refractivity contribution in [2.24, 2.45) is 0 Å². The second-order valence-corrected chi connectivity index (χ2v) is 4.75. The van der Waals surface area contributed by atoms with Crippen LogP contribution in [-0.4, -0.2) is 0 Å². The first-order chi connectivity index (χ1) is 8.72. The van der Waals surface area contributed by atoms with E-state index in [1.54, 1.807) is 24.3 Å². The van der Waals surface area contributed by atoms with Crippen LogP contribution in [0.25, 0.3) is 0 Å². The third-order valence-electron chi connectivity index (χ3n) is 2.39. The van der Waals surface area contributed by atoms with Gasteiger partial charge in [0.1, 0.15) is 11.5 Å². The molecule has 0 aliphatic carbocycles. The summed E-state index contributed by atoms with van der Waals surface area (Å²) >= 11 is 9.21. The molecule has 0 saturated heterocycles. The summed E-state index contributed by atoms with van der Waals surface area (Å²) in [6.45, 7) is 0. The van der Waals surface area contributed by atoms with Crippen molar-refractivity contribution in [3.63, 3.8) is 0 Å². The van der Waals surface area contributed by atoms with Crippen LogP contribution in [0.3, 0.4) is 0 Å². The van der Waals surface area contributed by atoms with E-state index >= 15 is 0 Å². The Morgan fingerprint density at radius 2 is 1.78 bits per heavy atom. The van der Waals surface area contributed by atoms with Crippen molar-refractivity contribution in [3.8, 4) is 17.6 Å². The monoisotopic (exact) mass is 321 g/mol. The molecule has 0 spiro atoms. The molecule has 0 saturated carbocycles. The molecule has 18 heavy (non-hydrogen) atoms. The maximum absolute atomic E-state index is 8.70. The average molecular weight is 323 g/mol. The highest BCUT2D eigenvalue weighted by atomic mass is 79.9. The molecule has 2 rings (SSSR count). The topological polar surface area (TPSA) is 33.0 Å². The summed E-state index contributed by atoms with van der Waals surface area (Å²) in [5.74, 6) is 1.87. The first kappa shape index (κ1) is 12.9. The lowest BCUT2D eigenvalue weighted by molar-refractivity contribution is 0.482. The minimum Gasteiger partial charge on any atom is -0.457 e. The zero-order chi connectivity index (χ0) is 13.0. The third-order valence-corrected chi connectivity index (χ3v) is 3.41. The molecular formula is C14H9BrClNO. The van der Waals surface area contributed by atoms with Gasteiger partial charge in [-0.05, 0) is 42.0 Å². The highest BCUT2D eigenvalue weighted by Gasteiger charge is 2.02. The molecule has 0 aliphatic heterocycles. The minimum atomic E-state index is 0.456. The van der Waals surface area contributed by atoms with E-state index in [9.17, 15) is 0 Å². The maximum Gasteiger partial charge on any atom is 0.128 e. The quantitative estimate of drug-likeness (QED) is 0.757. The zero-order valence-corrected chi connectivity index (χ0v) is 11.7. The highest BCUT2D eigenvalue weighted by molar-refractivity contribution is 9.10. The number of rotatable bonds is 3. The molecule has 2 aromatic carbocycles. The molecule has 0 fully saturated rings. The Bertz CT molecular complexity index is 590. The van der Waals surface area contributed by atoms with Crippen molar-refractivity contribution in [3.05, 3.63) is 58.1 Å². The van der Waals surface area contributed by atoms with Crippen molar-refractivity contribution < 1.29 is 4.74 Å². The van der Waals surface area contributed by atoms with Crippen molar-refractivity contribution in [1.82, 2.24) is 0 Å². The van der Waals surface area contributed by atoms with Crippen LogP contribution in [0.4, 0.5) is 0 Å². The van der Waals surface area contributed by atoms with Gasteiger partial charge in [0.2, 0.25) is 0 Å². The number of hydrogen-bond acceptors (Lipinski definition) is 2. The van der Waals surface area contributed by atoms with Gasteiger partial charge in [-0.1, -0.05) is 22.0 Å². The Balaban J connectivity index is 2.18. The summed E-state index contributed by atoms with van der Waals surface area (Å²) in [7, 11) is 0. The molecule has 0 radical (unpaired) electrons. The van der Waals surface area contributed by atoms with Crippen LogP contribution in [0.1, 0.15) is 11.1 Å². The molecule has 0 atom stereocenters. The van der Waals surface area contributed by atoms with Gasteiger partial charge in [-0.2, -0.15) is 5.26 Å². The van der Waals surface area contributed by atoms with Gasteiger partial charge in [0.25, 0.3) is 0 Å². The van der Waals surface area contributed by atoms with Gasteiger partial charge in [-0.25, -0.2) is 0 Å². The fourth-order valence-corrected chi connectivity index (χ4v) is 2.33. The average Bonchev–Trinajstić information content (AvgIpc) is 2.40. The van der Waals surface area contributed by atoms with Gasteiger partial charge in [-0.3, -0.25) is 0 Å². The van der Waals surface area contributed by atoms with Crippen molar-refractivity contribution in [1.29, 1.82) is 5.26 Å². The molecule has 0 unspecified atom stereocenters. The van der Waals surface area contributed by atoms with Gasteiger partial charge in [0.15, 0.2) is 0 Å². The second-order valence-electron chi connectivity index (χ2n) is 3.63. The van der Waals surface area contributed by atoms with E-state index < -0.39 is 0 Å². The van der Waals surface area contributed by atoms with Crippen LogP contribution in [-0.2, 0) is 5.88 Å². The van der Waals surface area contributed by atoms with E-state index in [-0.39, 0.29) is 0 Å². The SMILES string of the molecule is N#Cc1ccc(Oc2ccc(CCl)c(Br)c2)cc1. The van der Waals surface area contributed by atoms with Crippen LogP contribution in [0, 0.1) is 11.3 Å². The summed E-state index contributed by atoms with van der Waals surface area (Å²) in [6, 6.07) is 14.7. The van der Waals surface area contributed by atoms with E-state index in [1.807, 2.05) is 18.2 Å². The summed E-state index contributed by atoms with van der Waals surface area (Å²) in [4.78, 5) is 0. The fraction of sp³-hybridized carbons (Fsp3) is 0.0714. The Hall–Kier alpha value is -1.50. The molecule has 90 valence electrons. The molecule has 0 amide bonds. The third kappa shape index (κ3) is 3.04.